The SMILES string of the molecule is CC[C@H](C)NC(=O)[C@@H](C)N(Cc1c(Cl)cccc1Cl)C(=O)CN(c1cccc(C)c1C)S(=O)(=O)c1ccc(C)cc1. The van der Waals surface area contributed by atoms with Gasteiger partial charge in [0.05, 0.1) is 10.6 Å². The lowest BCUT2D eigenvalue weighted by atomic mass is 10.1. The molecule has 0 aromatic heterocycles. The van der Waals surface area contributed by atoms with Crippen molar-refractivity contribution in [3.63, 3.8) is 0 Å². The first kappa shape index (κ1) is 32.4. The fourth-order valence-corrected chi connectivity index (χ4v) is 6.25. The highest BCUT2D eigenvalue weighted by Crippen LogP contribution is 2.30. The van der Waals surface area contributed by atoms with Crippen molar-refractivity contribution in [3.05, 3.63) is 93.0 Å². The van der Waals surface area contributed by atoms with E-state index < -0.39 is 28.5 Å². The average molecular weight is 619 g/mol. The number of halogens is 2. The molecule has 2 atom stereocenters. The molecule has 0 aliphatic carbocycles. The second kappa shape index (κ2) is 13.7. The van der Waals surface area contributed by atoms with Gasteiger partial charge in [0.1, 0.15) is 12.6 Å². The number of aryl methyl sites for hydroxylation is 2. The highest BCUT2D eigenvalue weighted by molar-refractivity contribution is 7.92. The standard InChI is InChI=1S/C31H37Cl2N3O4S/c1-7-22(4)34-31(38)24(6)35(18-26-27(32)11-9-12-28(26)33)30(37)19-36(29-13-8-10-21(3)23(29)5)41(39,40)25-16-14-20(2)15-17-25/h8-17,22,24H,7,18-19H2,1-6H3,(H,34,38)/t22-,24+/m0/s1. The molecule has 0 aliphatic heterocycles. The lowest BCUT2D eigenvalue weighted by Crippen LogP contribution is -2.52. The monoisotopic (exact) mass is 617 g/mol. The zero-order chi connectivity index (χ0) is 30.5. The predicted octanol–water partition coefficient (Wildman–Crippen LogP) is 6.45. The quantitative estimate of drug-likeness (QED) is 0.268. The van der Waals surface area contributed by atoms with E-state index in [1.54, 1.807) is 49.4 Å². The van der Waals surface area contributed by atoms with Crippen LogP contribution in [0.1, 0.15) is 49.4 Å². The summed E-state index contributed by atoms with van der Waals surface area (Å²) in [5.74, 6) is -0.945. The summed E-state index contributed by atoms with van der Waals surface area (Å²) in [4.78, 5) is 28.7. The number of nitrogens with one attached hydrogen (secondary N) is 1. The van der Waals surface area contributed by atoms with Gasteiger partial charge in [0.25, 0.3) is 10.0 Å². The van der Waals surface area contributed by atoms with Gasteiger partial charge in [-0.1, -0.05) is 66.0 Å². The van der Waals surface area contributed by atoms with Crippen molar-refractivity contribution in [1.82, 2.24) is 10.2 Å². The van der Waals surface area contributed by atoms with Gasteiger partial charge in [0.2, 0.25) is 11.8 Å². The summed E-state index contributed by atoms with van der Waals surface area (Å²) in [6.45, 7) is 10.4. The van der Waals surface area contributed by atoms with Gasteiger partial charge in [0.15, 0.2) is 0 Å². The molecular weight excluding hydrogens is 581 g/mol. The van der Waals surface area contributed by atoms with Gasteiger partial charge in [0, 0.05) is 28.2 Å². The summed E-state index contributed by atoms with van der Waals surface area (Å²) in [7, 11) is -4.16. The molecule has 0 spiro atoms. The summed E-state index contributed by atoms with van der Waals surface area (Å²) >= 11 is 12.9. The molecule has 7 nitrogen and oxygen atoms in total. The van der Waals surface area contributed by atoms with Crippen molar-refractivity contribution in [2.45, 2.75) is 71.5 Å². The van der Waals surface area contributed by atoms with E-state index in [0.717, 1.165) is 21.0 Å². The maximum Gasteiger partial charge on any atom is 0.264 e. The van der Waals surface area contributed by atoms with Crippen LogP contribution in [0.3, 0.4) is 0 Å². The van der Waals surface area contributed by atoms with Gasteiger partial charge in [-0.25, -0.2) is 8.42 Å². The second-order valence-corrected chi connectivity index (χ2v) is 12.9. The zero-order valence-corrected chi connectivity index (χ0v) is 26.6. The number of anilines is 1. The van der Waals surface area contributed by atoms with Crippen LogP contribution in [0.25, 0.3) is 0 Å². The number of rotatable bonds is 11. The molecule has 0 unspecified atom stereocenters. The minimum Gasteiger partial charge on any atom is -0.352 e. The normalized spacial score (nSPS) is 12.9. The number of sulfonamides is 1. The maximum atomic E-state index is 14.1. The molecule has 10 heteroatoms. The van der Waals surface area contributed by atoms with E-state index in [1.165, 1.54) is 17.0 Å². The molecule has 2 amide bonds. The molecular formula is C31H37Cl2N3O4S. The third-order valence-corrected chi connectivity index (χ3v) is 9.77. The first-order chi connectivity index (χ1) is 19.3. The Morgan fingerprint density at radius 3 is 2.07 bits per heavy atom. The summed E-state index contributed by atoms with van der Waals surface area (Å²) in [5, 5.41) is 3.59. The molecule has 0 saturated carbocycles. The molecule has 0 fully saturated rings. The van der Waals surface area contributed by atoms with Gasteiger partial charge in [-0.2, -0.15) is 0 Å². The fraction of sp³-hybridized carbons (Fsp3) is 0.355. The van der Waals surface area contributed by atoms with Crippen molar-refractivity contribution < 1.29 is 18.0 Å². The molecule has 1 N–H and O–H groups in total. The first-order valence-corrected chi connectivity index (χ1v) is 15.7. The minimum atomic E-state index is -4.16. The Balaban J connectivity index is 2.11. The minimum absolute atomic E-state index is 0.0556. The van der Waals surface area contributed by atoms with Gasteiger partial charge >= 0.3 is 0 Å². The van der Waals surface area contributed by atoms with E-state index in [-0.39, 0.29) is 23.4 Å². The molecule has 220 valence electrons. The highest BCUT2D eigenvalue weighted by Gasteiger charge is 2.34. The van der Waals surface area contributed by atoms with Crippen LogP contribution in [0.5, 0.6) is 0 Å². The molecule has 0 heterocycles. The van der Waals surface area contributed by atoms with Crippen LogP contribution in [0.2, 0.25) is 10.0 Å². The van der Waals surface area contributed by atoms with Crippen LogP contribution in [-0.2, 0) is 26.2 Å². The van der Waals surface area contributed by atoms with Gasteiger partial charge in [-0.3, -0.25) is 13.9 Å². The Bertz CT molecular complexity index is 1490. The maximum absolute atomic E-state index is 14.1. The van der Waals surface area contributed by atoms with Crippen molar-refractivity contribution in [2.75, 3.05) is 10.8 Å². The lowest BCUT2D eigenvalue weighted by Gasteiger charge is -2.33. The number of hydrogen-bond donors (Lipinski definition) is 1. The number of carbonyl (C=O) groups excluding carboxylic acids is 2. The molecule has 0 aliphatic rings. The molecule has 0 radical (unpaired) electrons. The number of benzene rings is 3. The smallest absolute Gasteiger partial charge is 0.264 e. The molecule has 0 bridgehead atoms. The Hall–Kier alpha value is -3.07. The molecule has 41 heavy (non-hydrogen) atoms. The van der Waals surface area contributed by atoms with E-state index in [9.17, 15) is 18.0 Å². The fourth-order valence-electron chi connectivity index (χ4n) is 4.26. The molecule has 3 aromatic rings. The number of amides is 2. The zero-order valence-electron chi connectivity index (χ0n) is 24.2. The van der Waals surface area contributed by atoms with Crippen LogP contribution in [-0.4, -0.2) is 43.8 Å². The Morgan fingerprint density at radius 1 is 0.902 bits per heavy atom. The van der Waals surface area contributed by atoms with Gasteiger partial charge in [-0.15, -0.1) is 0 Å². The van der Waals surface area contributed by atoms with E-state index in [0.29, 0.717) is 27.7 Å². The second-order valence-electron chi connectivity index (χ2n) is 10.3. The Labute approximate surface area is 253 Å². The van der Waals surface area contributed by atoms with Crippen LogP contribution in [0.15, 0.2) is 65.6 Å². The van der Waals surface area contributed by atoms with Crippen LogP contribution >= 0.6 is 23.2 Å². The van der Waals surface area contributed by atoms with Crippen molar-refractivity contribution >= 4 is 50.7 Å². The van der Waals surface area contributed by atoms with Crippen molar-refractivity contribution in [3.8, 4) is 0 Å². The highest BCUT2D eigenvalue weighted by atomic mass is 35.5. The Kier molecular flexibility index (Phi) is 10.9. The third-order valence-electron chi connectivity index (χ3n) is 7.29. The number of nitrogens with zero attached hydrogens (tertiary/aromatic N) is 2. The topological polar surface area (TPSA) is 86.8 Å². The average Bonchev–Trinajstić information content (AvgIpc) is 2.93. The first-order valence-electron chi connectivity index (χ1n) is 13.5. The largest absolute Gasteiger partial charge is 0.352 e. The van der Waals surface area contributed by atoms with E-state index >= 15 is 0 Å². The van der Waals surface area contributed by atoms with E-state index in [4.69, 9.17) is 23.2 Å². The Morgan fingerprint density at radius 2 is 1.49 bits per heavy atom. The van der Waals surface area contributed by atoms with E-state index in [2.05, 4.69) is 5.32 Å². The van der Waals surface area contributed by atoms with Crippen molar-refractivity contribution in [1.29, 1.82) is 0 Å². The van der Waals surface area contributed by atoms with Gasteiger partial charge in [-0.05, 0) is 82.5 Å². The van der Waals surface area contributed by atoms with E-state index in [1.807, 2.05) is 40.7 Å². The summed E-state index contributed by atoms with van der Waals surface area (Å²) in [6, 6.07) is 15.7. The lowest BCUT2D eigenvalue weighted by molar-refractivity contribution is -0.139. The third kappa shape index (κ3) is 7.61. The number of hydrogen-bond acceptors (Lipinski definition) is 4. The van der Waals surface area contributed by atoms with Gasteiger partial charge < -0.3 is 10.2 Å². The summed E-state index contributed by atoms with van der Waals surface area (Å²) in [6.07, 6.45) is 0.706. The molecule has 3 rings (SSSR count). The molecule has 3 aromatic carbocycles. The van der Waals surface area contributed by atoms with Crippen LogP contribution in [0.4, 0.5) is 5.69 Å². The molecule has 0 saturated heterocycles. The summed E-state index contributed by atoms with van der Waals surface area (Å²) < 4.78 is 29.2. The summed E-state index contributed by atoms with van der Waals surface area (Å²) in [5.41, 5.74) is 3.35. The number of carbonyl (C=O) groups is 2. The van der Waals surface area contributed by atoms with Crippen LogP contribution < -0.4 is 9.62 Å². The van der Waals surface area contributed by atoms with Crippen LogP contribution in [0, 0.1) is 20.8 Å². The predicted molar refractivity (Wildman–Crippen MR) is 166 cm³/mol. The van der Waals surface area contributed by atoms with Crippen molar-refractivity contribution in [2.24, 2.45) is 0 Å².